The highest BCUT2D eigenvalue weighted by Crippen LogP contribution is 2.18. The van der Waals surface area contributed by atoms with Crippen LogP contribution in [0.5, 0.6) is 5.75 Å². The quantitative estimate of drug-likeness (QED) is 0.442. The van der Waals surface area contributed by atoms with Crippen molar-refractivity contribution in [3.05, 3.63) is 30.3 Å². The molecule has 1 aromatic rings. The van der Waals surface area contributed by atoms with Gasteiger partial charge in [-0.25, -0.2) is 0 Å². The van der Waals surface area contributed by atoms with Crippen LogP contribution < -0.4 is 10.1 Å². The third kappa shape index (κ3) is 6.63. The average molecular weight is 350 g/mol. The van der Waals surface area contributed by atoms with Crippen molar-refractivity contribution in [3.8, 4) is 5.75 Å². The zero-order valence-electron chi connectivity index (χ0n) is 15.0. The smallest absolute Gasteiger partial charge is 0.193 e. The first kappa shape index (κ1) is 19.0. The molecule has 134 valence electrons. The fourth-order valence-corrected chi connectivity index (χ4v) is 3.34. The number of nitrogens with zero attached hydrogens (tertiary/aromatic N) is 2. The Morgan fingerprint density at radius 1 is 1.25 bits per heavy atom. The van der Waals surface area contributed by atoms with Crippen LogP contribution in [0.1, 0.15) is 32.6 Å². The van der Waals surface area contributed by atoms with E-state index in [9.17, 15) is 0 Å². The summed E-state index contributed by atoms with van der Waals surface area (Å²) in [6, 6.07) is 10.1. The summed E-state index contributed by atoms with van der Waals surface area (Å²) in [4.78, 5) is 7.18. The van der Waals surface area contributed by atoms with E-state index in [2.05, 4.69) is 23.4 Å². The minimum atomic E-state index is 0.313. The lowest BCUT2D eigenvalue weighted by Gasteiger charge is -2.34. The summed E-state index contributed by atoms with van der Waals surface area (Å²) < 4.78 is 6.08. The molecule has 1 aliphatic rings. The average Bonchev–Trinajstić information content (AvgIpc) is 2.62. The first-order chi connectivity index (χ1) is 11.8. The number of unbranched alkanes of at least 4 members (excludes halogenated alkanes) is 1. The first-order valence-corrected chi connectivity index (χ1v) is 10.5. The summed E-state index contributed by atoms with van der Waals surface area (Å²) in [5.41, 5.74) is 0. The second-order valence-corrected chi connectivity index (χ2v) is 7.04. The van der Waals surface area contributed by atoms with Crippen LogP contribution >= 0.6 is 11.8 Å². The zero-order chi connectivity index (χ0) is 17.0. The molecule has 0 saturated carbocycles. The van der Waals surface area contributed by atoms with Gasteiger partial charge in [0, 0.05) is 39.0 Å². The molecule has 0 unspecified atom stereocenters. The Labute approximate surface area is 151 Å². The number of ether oxygens (including phenoxy) is 1. The first-order valence-electron chi connectivity index (χ1n) is 9.07. The molecule has 4 nitrogen and oxygen atoms in total. The number of benzene rings is 1. The molecule has 24 heavy (non-hydrogen) atoms. The van der Waals surface area contributed by atoms with Gasteiger partial charge in [0.1, 0.15) is 11.9 Å². The number of hydrogen-bond donors (Lipinski definition) is 1. The molecule has 0 atom stereocenters. The topological polar surface area (TPSA) is 36.9 Å². The number of nitrogens with one attached hydrogen (secondary N) is 1. The van der Waals surface area contributed by atoms with E-state index in [-0.39, 0.29) is 0 Å². The van der Waals surface area contributed by atoms with Crippen LogP contribution in [0.3, 0.4) is 0 Å². The number of hydrogen-bond acceptors (Lipinski definition) is 3. The molecule has 5 heteroatoms. The largest absolute Gasteiger partial charge is 0.490 e. The molecule has 1 aromatic carbocycles. The molecule has 0 bridgehead atoms. The Morgan fingerprint density at radius 3 is 2.67 bits per heavy atom. The fourth-order valence-electron chi connectivity index (χ4n) is 2.85. The molecule has 1 saturated heterocycles. The molecule has 1 aliphatic heterocycles. The lowest BCUT2D eigenvalue weighted by Crippen LogP contribution is -2.47. The van der Waals surface area contributed by atoms with Gasteiger partial charge in [-0.1, -0.05) is 18.2 Å². The molecule has 0 amide bonds. The molecule has 0 radical (unpaired) electrons. The maximum absolute atomic E-state index is 6.08. The van der Waals surface area contributed by atoms with Gasteiger partial charge >= 0.3 is 0 Å². The minimum absolute atomic E-state index is 0.313. The maximum atomic E-state index is 6.08. The molecular weight excluding hydrogens is 318 g/mol. The van der Waals surface area contributed by atoms with Crippen LogP contribution in [-0.4, -0.2) is 55.2 Å². The van der Waals surface area contributed by atoms with E-state index >= 15 is 0 Å². The van der Waals surface area contributed by atoms with Crippen LogP contribution in [0, 0.1) is 0 Å². The highest BCUT2D eigenvalue weighted by Gasteiger charge is 2.22. The van der Waals surface area contributed by atoms with Gasteiger partial charge in [0.05, 0.1) is 0 Å². The molecule has 0 aliphatic carbocycles. The maximum Gasteiger partial charge on any atom is 0.193 e. The van der Waals surface area contributed by atoms with Crippen LogP contribution in [0.25, 0.3) is 0 Å². The van der Waals surface area contributed by atoms with Gasteiger partial charge in [-0.2, -0.15) is 11.8 Å². The van der Waals surface area contributed by atoms with Gasteiger partial charge in [0.25, 0.3) is 0 Å². The lowest BCUT2D eigenvalue weighted by atomic mass is 10.1. The van der Waals surface area contributed by atoms with E-state index in [1.54, 1.807) is 0 Å². The van der Waals surface area contributed by atoms with Crippen molar-refractivity contribution < 1.29 is 4.74 Å². The van der Waals surface area contributed by atoms with Crippen LogP contribution in [0.15, 0.2) is 35.3 Å². The molecule has 2 rings (SSSR count). The molecule has 1 heterocycles. The lowest BCUT2D eigenvalue weighted by molar-refractivity contribution is 0.129. The number of aliphatic imine (C=N–C) groups is 1. The molecule has 1 N–H and O–H groups in total. The van der Waals surface area contributed by atoms with Crippen LogP contribution in [0.4, 0.5) is 0 Å². The number of thioether (sulfide) groups is 1. The van der Waals surface area contributed by atoms with E-state index in [0.717, 1.165) is 50.7 Å². The van der Waals surface area contributed by atoms with Gasteiger partial charge in [0.2, 0.25) is 0 Å². The Balaban J connectivity index is 1.78. The Morgan fingerprint density at radius 2 is 2.00 bits per heavy atom. The van der Waals surface area contributed by atoms with Crippen molar-refractivity contribution in [2.75, 3.05) is 38.2 Å². The van der Waals surface area contributed by atoms with E-state index in [1.165, 1.54) is 18.6 Å². The normalized spacial score (nSPS) is 16.2. The van der Waals surface area contributed by atoms with Gasteiger partial charge in [0.15, 0.2) is 5.96 Å². The summed E-state index contributed by atoms with van der Waals surface area (Å²) in [5.74, 6) is 3.28. The summed E-state index contributed by atoms with van der Waals surface area (Å²) in [7, 11) is 0. The summed E-state index contributed by atoms with van der Waals surface area (Å²) in [6.07, 6.45) is 6.99. The molecular formula is C19H31N3OS. The monoisotopic (exact) mass is 349 g/mol. The summed E-state index contributed by atoms with van der Waals surface area (Å²) in [6.45, 7) is 5.99. The van der Waals surface area contributed by atoms with Gasteiger partial charge in [-0.05, 0) is 43.9 Å². The third-order valence-corrected chi connectivity index (χ3v) is 4.84. The zero-order valence-corrected chi connectivity index (χ0v) is 15.9. The van der Waals surface area contributed by atoms with E-state index < -0.39 is 0 Å². The summed E-state index contributed by atoms with van der Waals surface area (Å²) in [5, 5.41) is 3.44. The summed E-state index contributed by atoms with van der Waals surface area (Å²) >= 11 is 1.91. The minimum Gasteiger partial charge on any atom is -0.490 e. The van der Waals surface area contributed by atoms with Gasteiger partial charge < -0.3 is 15.0 Å². The Bertz CT molecular complexity index is 473. The predicted molar refractivity (Wildman–Crippen MR) is 105 cm³/mol. The third-order valence-electron chi connectivity index (χ3n) is 4.14. The van der Waals surface area contributed by atoms with Crippen molar-refractivity contribution in [3.63, 3.8) is 0 Å². The number of guanidine groups is 1. The van der Waals surface area contributed by atoms with Gasteiger partial charge in [-0.15, -0.1) is 0 Å². The van der Waals surface area contributed by atoms with Crippen molar-refractivity contribution >= 4 is 17.7 Å². The van der Waals surface area contributed by atoms with Crippen molar-refractivity contribution in [1.29, 1.82) is 0 Å². The van der Waals surface area contributed by atoms with E-state index in [4.69, 9.17) is 9.73 Å². The number of rotatable bonds is 8. The second kappa shape index (κ2) is 11.2. The van der Waals surface area contributed by atoms with Crippen molar-refractivity contribution in [2.24, 2.45) is 4.99 Å². The van der Waals surface area contributed by atoms with E-state index in [0.29, 0.717) is 6.10 Å². The second-order valence-electron chi connectivity index (χ2n) is 6.05. The Kier molecular flexibility index (Phi) is 8.88. The standard InChI is InChI=1S/C19H31N3OS/c1-3-20-19(21-13-7-8-16-24-2)22-14-11-18(12-15-22)23-17-9-5-4-6-10-17/h4-6,9-10,18H,3,7-8,11-16H2,1-2H3,(H,20,21). The fraction of sp³-hybridized carbons (Fsp3) is 0.632. The number of likely N-dealkylation sites (tertiary alicyclic amines) is 1. The Hall–Kier alpha value is -1.36. The molecule has 0 spiro atoms. The van der Waals surface area contributed by atoms with Crippen LogP contribution in [-0.2, 0) is 0 Å². The highest BCUT2D eigenvalue weighted by molar-refractivity contribution is 7.98. The highest BCUT2D eigenvalue weighted by atomic mass is 32.2. The SMILES string of the molecule is CCNC(=NCCCCSC)N1CCC(Oc2ccccc2)CC1. The van der Waals surface area contributed by atoms with E-state index in [1.807, 2.05) is 42.1 Å². The van der Waals surface area contributed by atoms with Gasteiger partial charge in [-0.3, -0.25) is 4.99 Å². The van der Waals surface area contributed by atoms with Crippen molar-refractivity contribution in [2.45, 2.75) is 38.7 Å². The number of piperidine rings is 1. The van der Waals surface area contributed by atoms with Crippen molar-refractivity contribution in [1.82, 2.24) is 10.2 Å². The molecule has 1 fully saturated rings. The predicted octanol–water partition coefficient (Wildman–Crippen LogP) is 3.64. The van der Waals surface area contributed by atoms with Crippen LogP contribution in [0.2, 0.25) is 0 Å². The molecule has 0 aromatic heterocycles. The number of para-hydroxylation sites is 1.